The molecule has 1 fully saturated rings. The van der Waals surface area contributed by atoms with Crippen LogP contribution < -0.4 is 10.2 Å². The molecular formula is C14H17N7S. The molecule has 1 aliphatic rings. The smallest absolute Gasteiger partial charge is 0.214 e. The van der Waals surface area contributed by atoms with Gasteiger partial charge in [0.25, 0.3) is 0 Å². The van der Waals surface area contributed by atoms with Gasteiger partial charge in [-0.3, -0.25) is 0 Å². The lowest BCUT2D eigenvalue weighted by molar-refractivity contribution is 0.685. The van der Waals surface area contributed by atoms with Crippen LogP contribution >= 0.6 is 11.3 Å². The number of aryl methyl sites for hydroxylation is 1. The second-order valence-corrected chi connectivity index (χ2v) is 6.42. The molecule has 7 nitrogen and oxygen atoms in total. The Hall–Kier alpha value is -2.22. The van der Waals surface area contributed by atoms with Crippen molar-refractivity contribution in [1.29, 1.82) is 0 Å². The zero-order valence-corrected chi connectivity index (χ0v) is 13.1. The van der Waals surface area contributed by atoms with Gasteiger partial charge in [0.1, 0.15) is 0 Å². The maximum absolute atomic E-state index is 4.51. The first-order valence-corrected chi connectivity index (χ1v) is 8.22. The van der Waals surface area contributed by atoms with E-state index >= 15 is 0 Å². The van der Waals surface area contributed by atoms with Gasteiger partial charge in [0.15, 0.2) is 5.82 Å². The van der Waals surface area contributed by atoms with Crippen LogP contribution in [0.5, 0.6) is 0 Å². The minimum atomic E-state index is 0.426. The molecule has 3 aromatic rings. The van der Waals surface area contributed by atoms with Gasteiger partial charge in [-0.2, -0.15) is 5.10 Å². The van der Waals surface area contributed by atoms with Gasteiger partial charge in [0.2, 0.25) is 10.1 Å². The number of hydrogen-bond acceptors (Lipinski definition) is 7. The summed E-state index contributed by atoms with van der Waals surface area (Å²) >= 11 is 1.58. The van der Waals surface area contributed by atoms with Crippen LogP contribution in [0.25, 0.3) is 4.96 Å². The first-order chi connectivity index (χ1) is 10.8. The molecule has 0 unspecified atom stereocenters. The van der Waals surface area contributed by atoms with Crippen molar-refractivity contribution in [3.05, 3.63) is 30.2 Å². The number of hydrogen-bond donors (Lipinski definition) is 1. The van der Waals surface area contributed by atoms with Crippen molar-refractivity contribution in [1.82, 2.24) is 24.8 Å². The third-order valence-corrected chi connectivity index (χ3v) is 4.76. The maximum Gasteiger partial charge on any atom is 0.214 e. The van der Waals surface area contributed by atoms with Crippen LogP contribution in [0.15, 0.2) is 24.5 Å². The summed E-state index contributed by atoms with van der Waals surface area (Å²) in [6, 6.07) is 4.38. The Morgan fingerprint density at radius 3 is 3.23 bits per heavy atom. The van der Waals surface area contributed by atoms with Crippen LogP contribution in [0.3, 0.4) is 0 Å². The van der Waals surface area contributed by atoms with E-state index in [0.717, 1.165) is 41.1 Å². The summed E-state index contributed by atoms with van der Waals surface area (Å²) in [6.07, 6.45) is 5.99. The molecule has 0 saturated carbocycles. The van der Waals surface area contributed by atoms with Gasteiger partial charge >= 0.3 is 0 Å². The average molecular weight is 315 g/mol. The summed E-state index contributed by atoms with van der Waals surface area (Å²) in [4.78, 5) is 7.68. The standard InChI is InChI=1S/C14H17N7S/c1-10-9-21-14(17-10)22-13(19-21)15-8-11-4-3-7-20(11)12-5-2-6-16-18-12/h2,5-6,9,11H,3-4,7-8H2,1H3,(H,15,19)/t11-/m0/s1. The van der Waals surface area contributed by atoms with E-state index in [2.05, 4.69) is 30.5 Å². The highest BCUT2D eigenvalue weighted by Crippen LogP contribution is 2.24. The molecule has 4 rings (SSSR count). The summed E-state index contributed by atoms with van der Waals surface area (Å²) in [5, 5.41) is 17.1. The molecular weight excluding hydrogens is 298 g/mol. The van der Waals surface area contributed by atoms with Crippen molar-refractivity contribution in [3.8, 4) is 0 Å². The predicted molar refractivity (Wildman–Crippen MR) is 86.5 cm³/mol. The minimum Gasteiger partial charge on any atom is -0.358 e. The number of rotatable bonds is 4. The molecule has 1 aliphatic heterocycles. The summed E-state index contributed by atoms with van der Waals surface area (Å²) in [7, 11) is 0. The summed E-state index contributed by atoms with van der Waals surface area (Å²) in [5.74, 6) is 0.955. The zero-order valence-electron chi connectivity index (χ0n) is 12.3. The molecule has 0 spiro atoms. The number of imidazole rings is 1. The van der Waals surface area contributed by atoms with Crippen molar-refractivity contribution in [2.45, 2.75) is 25.8 Å². The first-order valence-electron chi connectivity index (χ1n) is 7.40. The lowest BCUT2D eigenvalue weighted by Gasteiger charge is -2.25. The highest BCUT2D eigenvalue weighted by atomic mass is 32.1. The van der Waals surface area contributed by atoms with Gasteiger partial charge < -0.3 is 10.2 Å². The van der Waals surface area contributed by atoms with Crippen LogP contribution in [0, 0.1) is 6.92 Å². The number of anilines is 2. The van der Waals surface area contributed by atoms with Crippen LogP contribution in [-0.2, 0) is 0 Å². The van der Waals surface area contributed by atoms with E-state index in [4.69, 9.17) is 0 Å². The molecule has 0 aromatic carbocycles. The monoisotopic (exact) mass is 315 g/mol. The highest BCUT2D eigenvalue weighted by molar-refractivity contribution is 7.20. The fourth-order valence-corrected chi connectivity index (χ4v) is 3.72. The van der Waals surface area contributed by atoms with E-state index in [1.54, 1.807) is 17.5 Å². The zero-order chi connectivity index (χ0) is 14.9. The minimum absolute atomic E-state index is 0.426. The van der Waals surface area contributed by atoms with Crippen molar-refractivity contribution in [3.63, 3.8) is 0 Å². The van der Waals surface area contributed by atoms with E-state index in [1.807, 2.05) is 29.8 Å². The molecule has 1 N–H and O–H groups in total. The number of fused-ring (bicyclic) bond motifs is 1. The van der Waals surface area contributed by atoms with E-state index in [0.29, 0.717) is 6.04 Å². The summed E-state index contributed by atoms with van der Waals surface area (Å²) in [6.45, 7) is 3.86. The summed E-state index contributed by atoms with van der Waals surface area (Å²) < 4.78 is 1.83. The lowest BCUT2D eigenvalue weighted by Crippen LogP contribution is -2.35. The second-order valence-electron chi connectivity index (χ2n) is 5.47. The van der Waals surface area contributed by atoms with E-state index in [-0.39, 0.29) is 0 Å². The second kappa shape index (κ2) is 5.53. The van der Waals surface area contributed by atoms with Gasteiger partial charge in [-0.1, -0.05) is 11.3 Å². The molecule has 1 saturated heterocycles. The van der Waals surface area contributed by atoms with Gasteiger partial charge in [0, 0.05) is 25.3 Å². The van der Waals surface area contributed by atoms with Crippen LogP contribution in [0.4, 0.5) is 10.9 Å². The third-order valence-electron chi connectivity index (χ3n) is 3.88. The SMILES string of the molecule is Cc1cn2nc(NC[C@@H]3CCCN3c3cccnn3)sc2n1. The number of aromatic nitrogens is 5. The Labute approximate surface area is 132 Å². The molecule has 22 heavy (non-hydrogen) atoms. The maximum atomic E-state index is 4.51. The molecule has 0 amide bonds. The van der Waals surface area contributed by atoms with E-state index < -0.39 is 0 Å². The largest absolute Gasteiger partial charge is 0.358 e. The quantitative estimate of drug-likeness (QED) is 0.794. The van der Waals surface area contributed by atoms with Crippen LogP contribution in [0.1, 0.15) is 18.5 Å². The van der Waals surface area contributed by atoms with Gasteiger partial charge in [0.05, 0.1) is 11.9 Å². The molecule has 1 atom stereocenters. The number of nitrogens with zero attached hydrogens (tertiary/aromatic N) is 6. The van der Waals surface area contributed by atoms with Crippen molar-refractivity contribution < 1.29 is 0 Å². The van der Waals surface area contributed by atoms with Gasteiger partial charge in [-0.25, -0.2) is 9.50 Å². The molecule has 0 radical (unpaired) electrons. The predicted octanol–water partition coefficient (Wildman–Crippen LogP) is 1.97. The van der Waals surface area contributed by atoms with E-state index in [9.17, 15) is 0 Å². The fraction of sp³-hybridized carbons (Fsp3) is 0.429. The number of nitrogens with one attached hydrogen (secondary N) is 1. The van der Waals surface area contributed by atoms with Crippen LogP contribution in [-0.4, -0.2) is 43.9 Å². The normalized spacial score (nSPS) is 18.2. The average Bonchev–Trinajstić information content (AvgIpc) is 3.20. The van der Waals surface area contributed by atoms with Gasteiger partial charge in [-0.15, -0.1) is 10.2 Å². The Morgan fingerprint density at radius 2 is 2.41 bits per heavy atom. The van der Waals surface area contributed by atoms with E-state index in [1.165, 1.54) is 6.42 Å². The highest BCUT2D eigenvalue weighted by Gasteiger charge is 2.25. The Morgan fingerprint density at radius 1 is 1.45 bits per heavy atom. The third kappa shape index (κ3) is 2.50. The Bertz CT molecular complexity index is 734. The summed E-state index contributed by atoms with van der Waals surface area (Å²) in [5.41, 5.74) is 0.995. The molecule has 0 bridgehead atoms. The molecule has 3 aromatic heterocycles. The molecule has 4 heterocycles. The van der Waals surface area contributed by atoms with Crippen molar-refractivity contribution in [2.24, 2.45) is 0 Å². The Kier molecular flexibility index (Phi) is 3.38. The lowest BCUT2D eigenvalue weighted by atomic mass is 10.2. The van der Waals surface area contributed by atoms with Crippen molar-refractivity contribution in [2.75, 3.05) is 23.3 Å². The van der Waals surface area contributed by atoms with Crippen molar-refractivity contribution >= 4 is 27.2 Å². The van der Waals surface area contributed by atoms with Gasteiger partial charge in [-0.05, 0) is 31.9 Å². The Balaban J connectivity index is 1.45. The first kappa shape index (κ1) is 13.4. The topological polar surface area (TPSA) is 71.2 Å². The fourth-order valence-electron chi connectivity index (χ4n) is 2.88. The molecule has 8 heteroatoms. The molecule has 114 valence electrons. The molecule has 0 aliphatic carbocycles. The van der Waals surface area contributed by atoms with Crippen LogP contribution in [0.2, 0.25) is 0 Å².